The van der Waals surface area contributed by atoms with Crippen LogP contribution in [-0.2, 0) is 13.0 Å². The summed E-state index contributed by atoms with van der Waals surface area (Å²) in [6.07, 6.45) is 4.52. The lowest BCUT2D eigenvalue weighted by Gasteiger charge is -2.07. The molecule has 1 N–H and O–H groups in total. The summed E-state index contributed by atoms with van der Waals surface area (Å²) >= 11 is 5.87. The lowest BCUT2D eigenvalue weighted by atomic mass is 10.1. The molecule has 20 heavy (non-hydrogen) atoms. The Labute approximate surface area is 125 Å². The van der Waals surface area contributed by atoms with E-state index in [1.807, 2.05) is 36.7 Å². The minimum atomic E-state index is 0.653. The monoisotopic (exact) mass is 289 g/mol. The summed E-state index contributed by atoms with van der Waals surface area (Å²) in [7, 11) is 0. The van der Waals surface area contributed by atoms with Crippen molar-refractivity contribution in [1.29, 1.82) is 0 Å². The van der Waals surface area contributed by atoms with Crippen LogP contribution in [0.2, 0.25) is 5.02 Å². The minimum absolute atomic E-state index is 0.653. The highest BCUT2D eigenvalue weighted by Gasteiger charge is 2.01. The maximum Gasteiger partial charge on any atom is 0.132 e. The van der Waals surface area contributed by atoms with Gasteiger partial charge in [-0.1, -0.05) is 37.6 Å². The summed E-state index contributed by atoms with van der Waals surface area (Å²) in [6.45, 7) is 6.21. The normalized spacial score (nSPS) is 11.0. The second-order valence-corrected chi connectivity index (χ2v) is 5.77. The van der Waals surface area contributed by atoms with Crippen molar-refractivity contribution in [2.45, 2.75) is 26.8 Å². The second-order valence-electron chi connectivity index (χ2n) is 5.34. The number of nitrogens with zero attached hydrogens (tertiary/aromatic N) is 2. The molecule has 0 spiro atoms. The van der Waals surface area contributed by atoms with E-state index < -0.39 is 0 Å². The number of hydrogen-bond donors (Lipinski definition) is 1. The smallest absolute Gasteiger partial charge is 0.132 e. The van der Waals surface area contributed by atoms with Crippen LogP contribution in [0.3, 0.4) is 0 Å². The van der Waals surface area contributed by atoms with E-state index in [1.54, 1.807) is 0 Å². The van der Waals surface area contributed by atoms with Gasteiger partial charge < -0.3 is 5.32 Å². The second kappa shape index (κ2) is 7.36. The number of nitrogens with one attached hydrogen (secondary N) is 1. The number of aromatic nitrogens is 2. The molecule has 106 valence electrons. The first-order valence-corrected chi connectivity index (χ1v) is 7.26. The topological polar surface area (TPSA) is 37.8 Å². The summed E-state index contributed by atoms with van der Waals surface area (Å²) in [4.78, 5) is 8.82. The summed E-state index contributed by atoms with van der Waals surface area (Å²) in [6, 6.07) is 7.79. The van der Waals surface area contributed by atoms with Gasteiger partial charge in [-0.25, -0.2) is 9.97 Å². The first-order valence-electron chi connectivity index (χ1n) is 6.88. The van der Waals surface area contributed by atoms with Gasteiger partial charge in [0.05, 0.1) is 0 Å². The fourth-order valence-corrected chi connectivity index (χ4v) is 1.98. The van der Waals surface area contributed by atoms with Gasteiger partial charge in [-0.2, -0.15) is 0 Å². The van der Waals surface area contributed by atoms with Crippen molar-refractivity contribution in [1.82, 2.24) is 15.3 Å². The third-order valence-electron chi connectivity index (χ3n) is 2.92. The first-order chi connectivity index (χ1) is 9.63. The molecule has 0 amide bonds. The van der Waals surface area contributed by atoms with Crippen molar-refractivity contribution in [2.75, 3.05) is 6.54 Å². The Balaban J connectivity index is 1.89. The van der Waals surface area contributed by atoms with Gasteiger partial charge in [0.1, 0.15) is 5.82 Å². The zero-order chi connectivity index (χ0) is 14.4. The van der Waals surface area contributed by atoms with Gasteiger partial charge in [0, 0.05) is 35.9 Å². The lowest BCUT2D eigenvalue weighted by Crippen LogP contribution is -2.19. The molecule has 0 fully saturated rings. The molecule has 0 radical (unpaired) electrons. The van der Waals surface area contributed by atoms with Crippen molar-refractivity contribution >= 4 is 11.6 Å². The quantitative estimate of drug-likeness (QED) is 0.885. The highest BCUT2D eigenvalue weighted by molar-refractivity contribution is 6.30. The van der Waals surface area contributed by atoms with Crippen LogP contribution < -0.4 is 5.32 Å². The third-order valence-corrected chi connectivity index (χ3v) is 3.17. The number of hydrogen-bond acceptors (Lipinski definition) is 3. The molecule has 0 aliphatic rings. The van der Waals surface area contributed by atoms with Gasteiger partial charge in [-0.05, 0) is 30.2 Å². The van der Waals surface area contributed by atoms with E-state index in [9.17, 15) is 0 Å². The minimum Gasteiger partial charge on any atom is -0.312 e. The summed E-state index contributed by atoms with van der Waals surface area (Å²) in [5, 5.41) is 4.13. The maximum absolute atomic E-state index is 5.87. The predicted octanol–water partition coefficient (Wildman–Crippen LogP) is 3.47. The van der Waals surface area contributed by atoms with E-state index in [0.29, 0.717) is 5.92 Å². The summed E-state index contributed by atoms with van der Waals surface area (Å²) < 4.78 is 0. The molecule has 2 aromatic rings. The molecule has 3 nitrogen and oxygen atoms in total. The van der Waals surface area contributed by atoms with Gasteiger partial charge in [-0.15, -0.1) is 0 Å². The number of benzene rings is 1. The van der Waals surface area contributed by atoms with Crippen LogP contribution >= 0.6 is 11.6 Å². The van der Waals surface area contributed by atoms with Gasteiger partial charge >= 0.3 is 0 Å². The molecule has 1 heterocycles. The fraction of sp³-hybridized carbons (Fsp3) is 0.375. The van der Waals surface area contributed by atoms with Crippen molar-refractivity contribution in [3.8, 4) is 0 Å². The predicted molar refractivity (Wildman–Crippen MR) is 82.8 cm³/mol. The zero-order valence-electron chi connectivity index (χ0n) is 11.9. The molecule has 0 bridgehead atoms. The molecular weight excluding hydrogens is 270 g/mol. The van der Waals surface area contributed by atoms with Crippen LogP contribution in [-0.4, -0.2) is 16.5 Å². The van der Waals surface area contributed by atoms with Crippen LogP contribution in [0.1, 0.15) is 30.8 Å². The van der Waals surface area contributed by atoms with Gasteiger partial charge in [0.2, 0.25) is 0 Å². The third kappa shape index (κ3) is 4.91. The van der Waals surface area contributed by atoms with Crippen LogP contribution in [0.5, 0.6) is 0 Å². The molecule has 0 unspecified atom stereocenters. The molecule has 0 saturated carbocycles. The standard InChI is InChI=1S/C16H20ClN3/c1-12(2)8-18-9-14-10-19-16(20-11-14)7-13-3-5-15(17)6-4-13/h3-6,10-12,18H,7-9H2,1-2H3. The first kappa shape index (κ1) is 14.9. The maximum atomic E-state index is 5.87. The lowest BCUT2D eigenvalue weighted by molar-refractivity contribution is 0.551. The summed E-state index contributed by atoms with van der Waals surface area (Å²) in [5.41, 5.74) is 2.28. The molecule has 0 atom stereocenters. The molecule has 1 aromatic carbocycles. The Morgan fingerprint density at radius 1 is 1.05 bits per heavy atom. The Hall–Kier alpha value is -1.45. The SMILES string of the molecule is CC(C)CNCc1cnc(Cc2ccc(Cl)cc2)nc1. The molecular formula is C16H20ClN3. The van der Waals surface area contributed by atoms with E-state index in [4.69, 9.17) is 11.6 Å². The van der Waals surface area contributed by atoms with Crippen molar-refractivity contribution < 1.29 is 0 Å². The van der Waals surface area contributed by atoms with Crippen molar-refractivity contribution in [3.63, 3.8) is 0 Å². The van der Waals surface area contributed by atoms with E-state index >= 15 is 0 Å². The fourth-order valence-electron chi connectivity index (χ4n) is 1.85. The zero-order valence-corrected chi connectivity index (χ0v) is 12.7. The number of rotatable bonds is 6. The van der Waals surface area contributed by atoms with E-state index in [0.717, 1.165) is 35.9 Å². The average molecular weight is 290 g/mol. The number of halogens is 1. The highest BCUT2D eigenvalue weighted by Crippen LogP contribution is 2.11. The molecule has 1 aromatic heterocycles. The van der Waals surface area contributed by atoms with Crippen molar-refractivity contribution in [2.24, 2.45) is 5.92 Å². The van der Waals surface area contributed by atoms with Crippen LogP contribution in [0.4, 0.5) is 0 Å². The Morgan fingerprint density at radius 2 is 1.70 bits per heavy atom. The summed E-state index contributed by atoms with van der Waals surface area (Å²) in [5.74, 6) is 1.49. The van der Waals surface area contributed by atoms with E-state index in [1.165, 1.54) is 5.56 Å². The Bertz CT molecular complexity index is 520. The Morgan fingerprint density at radius 3 is 2.30 bits per heavy atom. The molecule has 2 rings (SSSR count). The van der Waals surface area contributed by atoms with Gasteiger partial charge in [0.25, 0.3) is 0 Å². The van der Waals surface area contributed by atoms with Crippen LogP contribution in [0.15, 0.2) is 36.7 Å². The highest BCUT2D eigenvalue weighted by atomic mass is 35.5. The van der Waals surface area contributed by atoms with Gasteiger partial charge in [0.15, 0.2) is 0 Å². The average Bonchev–Trinajstić information content (AvgIpc) is 2.43. The van der Waals surface area contributed by atoms with E-state index in [2.05, 4.69) is 29.1 Å². The Kier molecular flexibility index (Phi) is 5.50. The van der Waals surface area contributed by atoms with Crippen LogP contribution in [0.25, 0.3) is 0 Å². The van der Waals surface area contributed by atoms with Gasteiger partial charge in [-0.3, -0.25) is 0 Å². The largest absolute Gasteiger partial charge is 0.312 e. The van der Waals surface area contributed by atoms with Crippen LogP contribution in [0, 0.1) is 5.92 Å². The van der Waals surface area contributed by atoms with Crippen molar-refractivity contribution in [3.05, 3.63) is 58.6 Å². The molecule has 4 heteroatoms. The molecule has 0 aliphatic carbocycles. The van der Waals surface area contributed by atoms with E-state index in [-0.39, 0.29) is 0 Å². The molecule has 0 aliphatic heterocycles. The molecule has 0 saturated heterocycles.